The molecular formula is C21H23ClN4O2. The summed E-state index contributed by atoms with van der Waals surface area (Å²) in [6.07, 6.45) is 0. The van der Waals surface area contributed by atoms with Crippen LogP contribution in [0, 0.1) is 0 Å². The number of ether oxygens (including phenoxy) is 1. The second kappa shape index (κ2) is 8.31. The highest BCUT2D eigenvalue weighted by atomic mass is 35.5. The molecule has 0 spiro atoms. The number of nitrogens with zero attached hydrogens (tertiary/aromatic N) is 3. The van der Waals surface area contributed by atoms with E-state index in [0.29, 0.717) is 17.1 Å². The third kappa shape index (κ3) is 4.35. The largest absolute Gasteiger partial charge is 0.497 e. The predicted octanol–water partition coefficient (Wildman–Crippen LogP) is 3.23. The molecule has 2 aromatic carbocycles. The number of hydrogen-bond acceptors (Lipinski definition) is 5. The van der Waals surface area contributed by atoms with Crippen molar-refractivity contribution in [1.82, 2.24) is 19.8 Å². The quantitative estimate of drug-likeness (QED) is 0.646. The topological polar surface area (TPSA) is 61.5 Å². The van der Waals surface area contributed by atoms with Crippen molar-refractivity contribution < 1.29 is 9.53 Å². The second-order valence-corrected chi connectivity index (χ2v) is 7.49. The van der Waals surface area contributed by atoms with Crippen molar-refractivity contribution in [2.75, 3.05) is 39.8 Å². The molecule has 0 bridgehead atoms. The number of imidazole rings is 1. The number of hydrogen-bond donors (Lipinski definition) is 1. The molecule has 0 radical (unpaired) electrons. The Balaban J connectivity index is 1.30. The number of ketones is 1. The van der Waals surface area contributed by atoms with Gasteiger partial charge in [0, 0.05) is 42.8 Å². The molecule has 28 heavy (non-hydrogen) atoms. The van der Waals surface area contributed by atoms with Gasteiger partial charge in [-0.1, -0.05) is 11.6 Å². The fourth-order valence-electron chi connectivity index (χ4n) is 3.49. The van der Waals surface area contributed by atoms with Gasteiger partial charge in [-0.3, -0.25) is 14.6 Å². The summed E-state index contributed by atoms with van der Waals surface area (Å²) in [4.78, 5) is 25.0. The van der Waals surface area contributed by atoms with E-state index in [0.717, 1.165) is 55.3 Å². The molecule has 0 atom stereocenters. The summed E-state index contributed by atoms with van der Waals surface area (Å²) in [6.45, 7) is 4.78. The third-order valence-corrected chi connectivity index (χ3v) is 5.36. The zero-order chi connectivity index (χ0) is 19.5. The number of nitrogens with one attached hydrogen (secondary N) is 1. The van der Waals surface area contributed by atoms with E-state index in [2.05, 4.69) is 19.8 Å². The summed E-state index contributed by atoms with van der Waals surface area (Å²) in [7, 11) is 1.66. The van der Waals surface area contributed by atoms with Crippen LogP contribution in [0.3, 0.4) is 0 Å². The number of carbonyl (C=O) groups excluding carboxylic acids is 1. The first-order valence-corrected chi connectivity index (χ1v) is 9.74. The van der Waals surface area contributed by atoms with Gasteiger partial charge in [-0.25, -0.2) is 4.98 Å². The van der Waals surface area contributed by atoms with Crippen LogP contribution in [0.15, 0.2) is 42.5 Å². The minimum absolute atomic E-state index is 0.136. The SMILES string of the molecule is COc1ccc2nc(CN3CCN(CC(=O)c4ccc(Cl)cc4)CC3)[nH]c2c1. The number of halogens is 1. The summed E-state index contributed by atoms with van der Waals surface area (Å²) in [6, 6.07) is 12.9. The number of carbonyl (C=O) groups is 1. The Labute approximate surface area is 169 Å². The number of aromatic amines is 1. The van der Waals surface area contributed by atoms with Crippen molar-refractivity contribution in [3.63, 3.8) is 0 Å². The third-order valence-electron chi connectivity index (χ3n) is 5.11. The zero-order valence-electron chi connectivity index (χ0n) is 15.8. The maximum atomic E-state index is 12.4. The number of rotatable bonds is 6. The zero-order valence-corrected chi connectivity index (χ0v) is 16.6. The van der Waals surface area contributed by atoms with Gasteiger partial charge < -0.3 is 9.72 Å². The Morgan fingerprint density at radius 3 is 2.54 bits per heavy atom. The van der Waals surface area contributed by atoms with E-state index in [1.54, 1.807) is 31.4 Å². The van der Waals surface area contributed by atoms with Gasteiger partial charge in [0.25, 0.3) is 0 Å². The number of methoxy groups -OCH3 is 1. The molecule has 3 aromatic rings. The van der Waals surface area contributed by atoms with Gasteiger partial charge in [0.1, 0.15) is 11.6 Å². The van der Waals surface area contributed by atoms with E-state index >= 15 is 0 Å². The average molecular weight is 399 g/mol. The lowest BCUT2D eigenvalue weighted by Gasteiger charge is -2.33. The fraction of sp³-hybridized carbons (Fsp3) is 0.333. The summed E-state index contributed by atoms with van der Waals surface area (Å²) in [5, 5.41) is 0.647. The molecule has 1 aliphatic rings. The van der Waals surface area contributed by atoms with Gasteiger partial charge in [-0.15, -0.1) is 0 Å². The van der Waals surface area contributed by atoms with Gasteiger partial charge in [0.05, 0.1) is 31.2 Å². The van der Waals surface area contributed by atoms with E-state index in [-0.39, 0.29) is 5.78 Å². The molecule has 1 saturated heterocycles. The maximum absolute atomic E-state index is 12.4. The van der Waals surface area contributed by atoms with Gasteiger partial charge in [0.15, 0.2) is 5.78 Å². The van der Waals surface area contributed by atoms with Crippen molar-refractivity contribution in [2.24, 2.45) is 0 Å². The van der Waals surface area contributed by atoms with Crippen molar-refractivity contribution in [2.45, 2.75) is 6.54 Å². The van der Waals surface area contributed by atoms with Gasteiger partial charge in [0.2, 0.25) is 0 Å². The number of benzene rings is 2. The fourth-order valence-corrected chi connectivity index (χ4v) is 3.62. The Bertz CT molecular complexity index is 962. The van der Waals surface area contributed by atoms with Crippen LogP contribution in [0.2, 0.25) is 5.02 Å². The molecule has 2 heterocycles. The van der Waals surface area contributed by atoms with Crippen LogP contribution in [0.1, 0.15) is 16.2 Å². The molecule has 7 heteroatoms. The number of Topliss-reactive ketones (excluding diaryl/α,β-unsaturated/α-hetero) is 1. The number of fused-ring (bicyclic) bond motifs is 1. The standard InChI is InChI=1S/C21H23ClN4O2/c1-28-17-6-7-18-19(12-17)24-21(23-18)14-26-10-8-25(9-11-26)13-20(27)15-2-4-16(22)5-3-15/h2-7,12H,8-11,13-14H2,1H3,(H,23,24). The molecule has 0 aliphatic carbocycles. The van der Waals surface area contributed by atoms with E-state index in [9.17, 15) is 4.79 Å². The van der Waals surface area contributed by atoms with E-state index in [1.807, 2.05) is 18.2 Å². The van der Waals surface area contributed by atoms with Gasteiger partial charge >= 0.3 is 0 Å². The molecule has 0 amide bonds. The Hall–Kier alpha value is -2.41. The van der Waals surface area contributed by atoms with Gasteiger partial charge in [-0.2, -0.15) is 0 Å². The van der Waals surface area contributed by atoms with Crippen LogP contribution in [0.4, 0.5) is 0 Å². The lowest BCUT2D eigenvalue weighted by atomic mass is 10.1. The average Bonchev–Trinajstić information content (AvgIpc) is 3.11. The smallest absolute Gasteiger partial charge is 0.176 e. The molecule has 1 aliphatic heterocycles. The lowest BCUT2D eigenvalue weighted by Crippen LogP contribution is -2.47. The van der Waals surface area contributed by atoms with E-state index in [4.69, 9.17) is 16.3 Å². The first-order chi connectivity index (χ1) is 13.6. The number of H-pyrrole nitrogens is 1. The molecule has 1 fully saturated rings. The predicted molar refractivity (Wildman–Crippen MR) is 110 cm³/mol. The molecule has 4 rings (SSSR count). The van der Waals surface area contributed by atoms with Crippen LogP contribution in [0.25, 0.3) is 11.0 Å². The van der Waals surface area contributed by atoms with E-state index in [1.165, 1.54) is 0 Å². The summed E-state index contributed by atoms with van der Waals surface area (Å²) >= 11 is 5.89. The molecule has 146 valence electrons. The summed E-state index contributed by atoms with van der Waals surface area (Å²) in [5.41, 5.74) is 2.65. The molecule has 1 N–H and O–H groups in total. The molecular weight excluding hydrogens is 376 g/mol. The molecule has 0 unspecified atom stereocenters. The maximum Gasteiger partial charge on any atom is 0.176 e. The summed E-state index contributed by atoms with van der Waals surface area (Å²) < 4.78 is 5.26. The van der Waals surface area contributed by atoms with Crippen molar-refractivity contribution >= 4 is 28.4 Å². The van der Waals surface area contributed by atoms with Gasteiger partial charge in [-0.05, 0) is 36.4 Å². The minimum Gasteiger partial charge on any atom is -0.497 e. The van der Waals surface area contributed by atoms with Crippen molar-refractivity contribution in [1.29, 1.82) is 0 Å². The van der Waals surface area contributed by atoms with Crippen molar-refractivity contribution in [3.05, 3.63) is 58.9 Å². The highest BCUT2D eigenvalue weighted by molar-refractivity contribution is 6.30. The highest BCUT2D eigenvalue weighted by Crippen LogP contribution is 2.19. The first-order valence-electron chi connectivity index (χ1n) is 9.37. The van der Waals surface area contributed by atoms with Crippen LogP contribution in [-0.4, -0.2) is 65.4 Å². The Morgan fingerprint density at radius 1 is 1.11 bits per heavy atom. The normalized spacial score (nSPS) is 15.8. The second-order valence-electron chi connectivity index (χ2n) is 7.05. The number of aromatic nitrogens is 2. The summed E-state index contributed by atoms with van der Waals surface area (Å²) in [5.74, 6) is 1.91. The Kier molecular flexibility index (Phi) is 5.62. The highest BCUT2D eigenvalue weighted by Gasteiger charge is 2.20. The van der Waals surface area contributed by atoms with E-state index < -0.39 is 0 Å². The molecule has 0 saturated carbocycles. The first kappa shape index (κ1) is 18.9. The van der Waals surface area contributed by atoms with Crippen molar-refractivity contribution in [3.8, 4) is 5.75 Å². The monoisotopic (exact) mass is 398 g/mol. The molecule has 1 aromatic heterocycles. The van der Waals surface area contributed by atoms with Crippen LogP contribution in [-0.2, 0) is 6.54 Å². The number of piperazine rings is 1. The minimum atomic E-state index is 0.136. The lowest BCUT2D eigenvalue weighted by molar-refractivity contribution is 0.0840. The molecule has 6 nitrogen and oxygen atoms in total. The Morgan fingerprint density at radius 2 is 1.82 bits per heavy atom. The van der Waals surface area contributed by atoms with Crippen LogP contribution >= 0.6 is 11.6 Å². The van der Waals surface area contributed by atoms with Crippen LogP contribution < -0.4 is 4.74 Å². The van der Waals surface area contributed by atoms with Crippen LogP contribution in [0.5, 0.6) is 5.75 Å².